The lowest BCUT2D eigenvalue weighted by Gasteiger charge is -2.12. The van der Waals surface area contributed by atoms with Crippen LogP contribution in [-0.4, -0.2) is 0 Å². The van der Waals surface area contributed by atoms with Gasteiger partial charge in [-0.3, -0.25) is 0 Å². The minimum atomic E-state index is 0.804. The third-order valence-corrected chi connectivity index (χ3v) is 3.10. The van der Waals surface area contributed by atoms with Gasteiger partial charge in [-0.2, -0.15) is 0 Å². The average molecular weight is 218 g/mol. The Balaban J connectivity index is 2.60. The van der Waals surface area contributed by atoms with Gasteiger partial charge >= 0.3 is 0 Å². The normalized spacial score (nSPS) is 11.4. The smallest absolute Gasteiger partial charge is 0.0274 e. The lowest BCUT2D eigenvalue weighted by atomic mass is 9.94. The molecule has 0 amide bonds. The monoisotopic (exact) mass is 218 g/mol. The summed E-state index contributed by atoms with van der Waals surface area (Å²) in [5, 5.41) is 0. The highest BCUT2D eigenvalue weighted by Gasteiger charge is 2.04. The minimum absolute atomic E-state index is 0.804. The SMILES string of the molecule is CC(C)CCc1ccccc1CCC(C)C. The highest BCUT2D eigenvalue weighted by molar-refractivity contribution is 5.27. The summed E-state index contributed by atoms with van der Waals surface area (Å²) in [7, 11) is 0. The first-order chi connectivity index (χ1) is 7.59. The quantitative estimate of drug-likeness (QED) is 0.639. The molecule has 0 radical (unpaired) electrons. The van der Waals surface area contributed by atoms with Crippen molar-refractivity contribution in [1.82, 2.24) is 0 Å². The van der Waals surface area contributed by atoms with E-state index in [1.54, 1.807) is 11.1 Å². The van der Waals surface area contributed by atoms with Gasteiger partial charge in [0.25, 0.3) is 0 Å². The average Bonchev–Trinajstić information content (AvgIpc) is 2.24. The maximum absolute atomic E-state index is 2.30. The molecule has 1 aromatic carbocycles. The topological polar surface area (TPSA) is 0 Å². The molecule has 1 rings (SSSR count). The van der Waals surface area contributed by atoms with Crippen LogP contribution in [0.1, 0.15) is 51.7 Å². The molecule has 0 heterocycles. The largest absolute Gasteiger partial charge is 0.0628 e. The van der Waals surface area contributed by atoms with Gasteiger partial charge in [0, 0.05) is 0 Å². The molecule has 0 aliphatic carbocycles. The summed E-state index contributed by atoms with van der Waals surface area (Å²) in [6.07, 6.45) is 5.09. The van der Waals surface area contributed by atoms with E-state index in [1.165, 1.54) is 25.7 Å². The van der Waals surface area contributed by atoms with E-state index in [2.05, 4.69) is 52.0 Å². The van der Waals surface area contributed by atoms with Crippen molar-refractivity contribution in [3.8, 4) is 0 Å². The zero-order chi connectivity index (χ0) is 12.0. The number of aryl methyl sites for hydroxylation is 2. The van der Waals surface area contributed by atoms with E-state index >= 15 is 0 Å². The molecule has 0 aromatic heterocycles. The predicted octanol–water partition coefficient (Wildman–Crippen LogP) is 4.86. The molecule has 16 heavy (non-hydrogen) atoms. The highest BCUT2D eigenvalue weighted by atomic mass is 14.1. The standard InChI is InChI=1S/C16H26/c1-13(2)9-11-15-7-5-6-8-16(15)12-10-14(3)4/h5-8,13-14H,9-12H2,1-4H3. The molecule has 0 N–H and O–H groups in total. The van der Waals surface area contributed by atoms with Crippen molar-refractivity contribution >= 4 is 0 Å². The van der Waals surface area contributed by atoms with Crippen LogP contribution >= 0.6 is 0 Å². The van der Waals surface area contributed by atoms with Crippen LogP contribution in [-0.2, 0) is 12.8 Å². The van der Waals surface area contributed by atoms with Crippen molar-refractivity contribution in [2.45, 2.75) is 53.4 Å². The second-order valence-corrected chi connectivity index (χ2v) is 5.63. The molecule has 0 aliphatic heterocycles. The number of rotatable bonds is 6. The van der Waals surface area contributed by atoms with E-state index < -0.39 is 0 Å². The van der Waals surface area contributed by atoms with Crippen molar-refractivity contribution in [1.29, 1.82) is 0 Å². The fraction of sp³-hybridized carbons (Fsp3) is 0.625. The predicted molar refractivity (Wildman–Crippen MR) is 72.8 cm³/mol. The third kappa shape index (κ3) is 4.83. The summed E-state index contributed by atoms with van der Waals surface area (Å²) in [5.74, 6) is 1.61. The van der Waals surface area contributed by atoms with Gasteiger partial charge in [0.15, 0.2) is 0 Å². The summed E-state index contributed by atoms with van der Waals surface area (Å²) in [5.41, 5.74) is 3.13. The van der Waals surface area contributed by atoms with Gasteiger partial charge < -0.3 is 0 Å². The van der Waals surface area contributed by atoms with Crippen molar-refractivity contribution in [3.05, 3.63) is 35.4 Å². The summed E-state index contributed by atoms with van der Waals surface area (Å²) < 4.78 is 0. The van der Waals surface area contributed by atoms with Gasteiger partial charge in [-0.1, -0.05) is 52.0 Å². The summed E-state index contributed by atoms with van der Waals surface area (Å²) in [6.45, 7) is 9.21. The van der Waals surface area contributed by atoms with Gasteiger partial charge in [0.05, 0.1) is 0 Å². The van der Waals surface area contributed by atoms with E-state index in [1.807, 2.05) is 0 Å². The summed E-state index contributed by atoms with van der Waals surface area (Å²) in [4.78, 5) is 0. The number of hydrogen-bond acceptors (Lipinski definition) is 0. The molecule has 0 saturated carbocycles. The maximum Gasteiger partial charge on any atom is -0.0274 e. The van der Waals surface area contributed by atoms with Gasteiger partial charge in [-0.15, -0.1) is 0 Å². The van der Waals surface area contributed by atoms with Gasteiger partial charge in [-0.05, 0) is 48.6 Å². The Morgan fingerprint density at radius 2 is 1.12 bits per heavy atom. The molecule has 0 saturated heterocycles. The van der Waals surface area contributed by atoms with Gasteiger partial charge in [-0.25, -0.2) is 0 Å². The Bertz CT molecular complexity index is 266. The molecule has 1 aromatic rings. The van der Waals surface area contributed by atoms with E-state index in [0.717, 1.165) is 11.8 Å². The Kier molecular flexibility index (Phi) is 5.59. The molecule has 0 unspecified atom stereocenters. The van der Waals surface area contributed by atoms with Crippen LogP contribution in [0, 0.1) is 11.8 Å². The van der Waals surface area contributed by atoms with Crippen molar-refractivity contribution in [2.24, 2.45) is 11.8 Å². The van der Waals surface area contributed by atoms with Crippen LogP contribution in [0.5, 0.6) is 0 Å². The summed E-state index contributed by atoms with van der Waals surface area (Å²) in [6, 6.07) is 8.96. The van der Waals surface area contributed by atoms with Crippen LogP contribution in [0.2, 0.25) is 0 Å². The van der Waals surface area contributed by atoms with E-state index in [9.17, 15) is 0 Å². The Hall–Kier alpha value is -0.780. The van der Waals surface area contributed by atoms with E-state index in [4.69, 9.17) is 0 Å². The van der Waals surface area contributed by atoms with Crippen LogP contribution in [0.25, 0.3) is 0 Å². The molecule has 0 atom stereocenters. The number of hydrogen-bond donors (Lipinski definition) is 0. The second kappa shape index (κ2) is 6.73. The maximum atomic E-state index is 2.30. The molecular formula is C16H26. The fourth-order valence-electron chi connectivity index (χ4n) is 1.93. The molecular weight excluding hydrogens is 192 g/mol. The first-order valence-corrected chi connectivity index (χ1v) is 6.66. The lowest BCUT2D eigenvalue weighted by molar-refractivity contribution is 0.571. The Morgan fingerprint density at radius 3 is 1.44 bits per heavy atom. The zero-order valence-electron chi connectivity index (χ0n) is 11.3. The van der Waals surface area contributed by atoms with Crippen LogP contribution < -0.4 is 0 Å². The molecule has 0 aliphatic rings. The van der Waals surface area contributed by atoms with E-state index in [-0.39, 0.29) is 0 Å². The van der Waals surface area contributed by atoms with Crippen LogP contribution in [0.4, 0.5) is 0 Å². The first-order valence-electron chi connectivity index (χ1n) is 6.66. The molecule has 0 fully saturated rings. The zero-order valence-corrected chi connectivity index (χ0v) is 11.3. The Labute approximate surface area is 101 Å². The second-order valence-electron chi connectivity index (χ2n) is 5.63. The van der Waals surface area contributed by atoms with Gasteiger partial charge in [0.2, 0.25) is 0 Å². The van der Waals surface area contributed by atoms with E-state index in [0.29, 0.717) is 0 Å². The van der Waals surface area contributed by atoms with Crippen LogP contribution in [0.15, 0.2) is 24.3 Å². The third-order valence-electron chi connectivity index (χ3n) is 3.10. The fourth-order valence-corrected chi connectivity index (χ4v) is 1.93. The molecule has 0 bridgehead atoms. The molecule has 0 spiro atoms. The molecule has 90 valence electrons. The lowest BCUT2D eigenvalue weighted by Crippen LogP contribution is -1.99. The first kappa shape index (κ1) is 13.3. The molecule has 0 heteroatoms. The van der Waals surface area contributed by atoms with Crippen molar-refractivity contribution in [2.75, 3.05) is 0 Å². The van der Waals surface area contributed by atoms with Crippen LogP contribution in [0.3, 0.4) is 0 Å². The van der Waals surface area contributed by atoms with Crippen molar-refractivity contribution < 1.29 is 0 Å². The van der Waals surface area contributed by atoms with Gasteiger partial charge in [0.1, 0.15) is 0 Å². The van der Waals surface area contributed by atoms with Crippen molar-refractivity contribution in [3.63, 3.8) is 0 Å². The number of benzene rings is 1. The highest BCUT2D eigenvalue weighted by Crippen LogP contribution is 2.17. The summed E-state index contributed by atoms with van der Waals surface area (Å²) >= 11 is 0. The minimum Gasteiger partial charge on any atom is -0.0628 e. The Morgan fingerprint density at radius 1 is 0.750 bits per heavy atom. The molecule has 0 nitrogen and oxygen atoms in total.